The first-order chi connectivity index (χ1) is 8.58. The second-order valence-corrected chi connectivity index (χ2v) is 5.99. The minimum Gasteiger partial charge on any atom is -0.393 e. The van der Waals surface area contributed by atoms with Crippen molar-refractivity contribution in [2.75, 3.05) is 26.8 Å². The van der Waals surface area contributed by atoms with E-state index < -0.39 is 0 Å². The van der Waals surface area contributed by atoms with Crippen LogP contribution in [0.4, 0.5) is 0 Å². The molecule has 0 aliphatic heterocycles. The highest BCUT2D eigenvalue weighted by Gasteiger charge is 2.29. The molecule has 4 unspecified atom stereocenters. The first kappa shape index (κ1) is 15.9. The molecule has 1 aliphatic carbocycles. The monoisotopic (exact) mass is 257 g/mol. The normalized spacial score (nSPS) is 30.7. The van der Waals surface area contributed by atoms with E-state index in [-0.39, 0.29) is 6.10 Å². The van der Waals surface area contributed by atoms with Gasteiger partial charge in [-0.25, -0.2) is 0 Å². The molecule has 0 aromatic heterocycles. The van der Waals surface area contributed by atoms with Crippen molar-refractivity contribution in [3.05, 3.63) is 0 Å². The molecule has 1 fully saturated rings. The van der Waals surface area contributed by atoms with Crippen molar-refractivity contribution in [2.24, 2.45) is 11.8 Å². The van der Waals surface area contributed by atoms with Crippen LogP contribution in [0.15, 0.2) is 0 Å². The van der Waals surface area contributed by atoms with Crippen LogP contribution in [0.1, 0.15) is 46.5 Å². The second-order valence-electron chi connectivity index (χ2n) is 5.99. The molecule has 0 amide bonds. The zero-order chi connectivity index (χ0) is 13.5. The van der Waals surface area contributed by atoms with Crippen LogP contribution in [-0.4, -0.2) is 49.0 Å². The van der Waals surface area contributed by atoms with Crippen LogP contribution in [0, 0.1) is 11.8 Å². The smallest absolute Gasteiger partial charge is 0.0589 e. The molecular formula is C15H31NO2. The molecule has 0 aromatic carbocycles. The summed E-state index contributed by atoms with van der Waals surface area (Å²) in [6.07, 6.45) is 4.38. The van der Waals surface area contributed by atoms with Crippen molar-refractivity contribution in [3.8, 4) is 0 Å². The van der Waals surface area contributed by atoms with Crippen molar-refractivity contribution in [3.63, 3.8) is 0 Å². The Labute approximate surface area is 113 Å². The Morgan fingerprint density at radius 1 is 1.39 bits per heavy atom. The van der Waals surface area contributed by atoms with Gasteiger partial charge in [0.15, 0.2) is 0 Å². The lowest BCUT2D eigenvalue weighted by atomic mass is 9.80. The molecule has 0 bridgehead atoms. The summed E-state index contributed by atoms with van der Waals surface area (Å²) in [5.41, 5.74) is 0. The number of ether oxygens (including phenoxy) is 1. The predicted octanol–water partition coefficient (Wildman–Crippen LogP) is 2.53. The van der Waals surface area contributed by atoms with Gasteiger partial charge in [-0.1, -0.05) is 13.8 Å². The quantitative estimate of drug-likeness (QED) is 0.761. The molecular weight excluding hydrogens is 226 g/mol. The van der Waals surface area contributed by atoms with E-state index in [2.05, 4.69) is 25.7 Å². The van der Waals surface area contributed by atoms with Crippen LogP contribution in [0.3, 0.4) is 0 Å². The Bertz CT molecular complexity index is 223. The molecule has 3 heteroatoms. The van der Waals surface area contributed by atoms with Crippen molar-refractivity contribution < 1.29 is 9.84 Å². The van der Waals surface area contributed by atoms with Crippen LogP contribution < -0.4 is 0 Å². The van der Waals surface area contributed by atoms with Gasteiger partial charge in [0.2, 0.25) is 0 Å². The van der Waals surface area contributed by atoms with Crippen LogP contribution in [-0.2, 0) is 4.74 Å². The van der Waals surface area contributed by atoms with Gasteiger partial charge in [-0.3, -0.25) is 4.90 Å². The van der Waals surface area contributed by atoms with Gasteiger partial charge in [-0.15, -0.1) is 0 Å². The van der Waals surface area contributed by atoms with Gasteiger partial charge in [-0.2, -0.15) is 0 Å². The van der Waals surface area contributed by atoms with E-state index in [0.29, 0.717) is 12.0 Å². The average molecular weight is 257 g/mol. The summed E-state index contributed by atoms with van der Waals surface area (Å²) in [6.45, 7) is 9.58. The molecule has 0 heterocycles. The van der Waals surface area contributed by atoms with Crippen LogP contribution in [0.2, 0.25) is 0 Å². The molecule has 1 rings (SSSR count). The molecule has 1 aliphatic rings. The minimum atomic E-state index is -0.102. The molecule has 4 atom stereocenters. The van der Waals surface area contributed by atoms with Crippen molar-refractivity contribution in [2.45, 2.75) is 58.6 Å². The molecule has 3 nitrogen and oxygen atoms in total. The van der Waals surface area contributed by atoms with Crippen molar-refractivity contribution in [1.82, 2.24) is 4.90 Å². The van der Waals surface area contributed by atoms with Gasteiger partial charge < -0.3 is 9.84 Å². The fraction of sp³-hybridized carbons (Fsp3) is 1.00. The highest BCUT2D eigenvalue weighted by atomic mass is 16.5. The Kier molecular flexibility index (Phi) is 7.20. The summed E-state index contributed by atoms with van der Waals surface area (Å²) in [5.74, 6) is 1.21. The molecule has 108 valence electrons. The number of nitrogens with zero attached hydrogens (tertiary/aromatic N) is 1. The maximum absolute atomic E-state index is 10.2. The highest BCUT2D eigenvalue weighted by molar-refractivity contribution is 4.81. The fourth-order valence-electron chi connectivity index (χ4n) is 2.94. The van der Waals surface area contributed by atoms with Crippen LogP contribution in [0.5, 0.6) is 0 Å². The molecule has 0 saturated heterocycles. The summed E-state index contributed by atoms with van der Waals surface area (Å²) in [5, 5.41) is 10.2. The lowest BCUT2D eigenvalue weighted by molar-refractivity contribution is 0.0164. The summed E-state index contributed by atoms with van der Waals surface area (Å²) in [4.78, 5) is 2.48. The second kappa shape index (κ2) is 8.13. The first-order valence-corrected chi connectivity index (χ1v) is 7.49. The topological polar surface area (TPSA) is 32.7 Å². The number of hydrogen-bond donors (Lipinski definition) is 1. The SMILES string of the molecule is CCC(C)N(CCOC)CC1CC(C)CCC1O. The largest absolute Gasteiger partial charge is 0.393 e. The zero-order valence-electron chi connectivity index (χ0n) is 12.6. The number of hydrogen-bond acceptors (Lipinski definition) is 3. The molecule has 18 heavy (non-hydrogen) atoms. The van der Waals surface area contributed by atoms with Gasteiger partial charge in [0.05, 0.1) is 12.7 Å². The van der Waals surface area contributed by atoms with Gasteiger partial charge >= 0.3 is 0 Å². The van der Waals surface area contributed by atoms with Crippen molar-refractivity contribution >= 4 is 0 Å². The number of aliphatic hydroxyl groups is 1. The number of methoxy groups -OCH3 is 1. The molecule has 0 spiro atoms. The van der Waals surface area contributed by atoms with Gasteiger partial charge in [0.1, 0.15) is 0 Å². The van der Waals surface area contributed by atoms with Gasteiger partial charge in [0.25, 0.3) is 0 Å². The van der Waals surface area contributed by atoms with Gasteiger partial charge in [-0.05, 0) is 44.4 Å². The first-order valence-electron chi connectivity index (χ1n) is 7.49. The Morgan fingerprint density at radius 2 is 2.11 bits per heavy atom. The lowest BCUT2D eigenvalue weighted by Gasteiger charge is -2.37. The molecule has 0 aromatic rings. The summed E-state index contributed by atoms with van der Waals surface area (Å²) in [7, 11) is 1.76. The molecule has 1 N–H and O–H groups in total. The molecule has 1 saturated carbocycles. The van der Waals surface area contributed by atoms with E-state index in [9.17, 15) is 5.11 Å². The third-order valence-electron chi connectivity index (χ3n) is 4.47. The highest BCUT2D eigenvalue weighted by Crippen LogP contribution is 2.30. The van der Waals surface area contributed by atoms with E-state index in [0.717, 1.165) is 38.5 Å². The average Bonchev–Trinajstić information content (AvgIpc) is 2.37. The minimum absolute atomic E-state index is 0.102. The summed E-state index contributed by atoms with van der Waals surface area (Å²) >= 11 is 0. The van der Waals surface area contributed by atoms with Gasteiger partial charge in [0, 0.05) is 26.2 Å². The van der Waals surface area contributed by atoms with Crippen LogP contribution in [0.25, 0.3) is 0 Å². The third kappa shape index (κ3) is 4.87. The summed E-state index contributed by atoms with van der Waals surface area (Å²) in [6, 6.07) is 0.574. The maximum Gasteiger partial charge on any atom is 0.0589 e. The Hall–Kier alpha value is -0.120. The number of aliphatic hydroxyl groups excluding tert-OH is 1. The maximum atomic E-state index is 10.2. The third-order valence-corrected chi connectivity index (χ3v) is 4.47. The summed E-state index contributed by atoms with van der Waals surface area (Å²) < 4.78 is 5.20. The molecule has 0 radical (unpaired) electrons. The fourth-order valence-corrected chi connectivity index (χ4v) is 2.94. The Morgan fingerprint density at radius 3 is 2.72 bits per heavy atom. The Balaban J connectivity index is 2.51. The van der Waals surface area contributed by atoms with E-state index in [4.69, 9.17) is 4.74 Å². The standard InChI is InChI=1S/C15H31NO2/c1-5-13(3)16(8-9-18-4)11-14-10-12(2)6-7-15(14)17/h12-15,17H,5-11H2,1-4H3. The van der Waals surface area contributed by atoms with E-state index in [1.807, 2.05) is 0 Å². The van der Waals surface area contributed by atoms with Crippen molar-refractivity contribution in [1.29, 1.82) is 0 Å². The van der Waals surface area contributed by atoms with Crippen LogP contribution >= 0.6 is 0 Å². The van der Waals surface area contributed by atoms with E-state index in [1.165, 1.54) is 12.8 Å². The lowest BCUT2D eigenvalue weighted by Crippen LogP contribution is -2.43. The van der Waals surface area contributed by atoms with E-state index >= 15 is 0 Å². The number of rotatable bonds is 7. The van der Waals surface area contributed by atoms with E-state index in [1.54, 1.807) is 7.11 Å². The zero-order valence-corrected chi connectivity index (χ0v) is 12.6. The predicted molar refractivity (Wildman–Crippen MR) is 75.7 cm³/mol.